The van der Waals surface area contributed by atoms with Crippen molar-refractivity contribution in [2.75, 3.05) is 0 Å². The number of carbonyl (C=O) groups is 1. The highest BCUT2D eigenvalue weighted by atomic mass is 32.2. The summed E-state index contributed by atoms with van der Waals surface area (Å²) in [5.74, 6) is -0.259. The molecule has 0 saturated heterocycles. The molecule has 0 aromatic heterocycles. The minimum absolute atomic E-state index is 0.160. The van der Waals surface area contributed by atoms with E-state index in [1.165, 1.54) is 6.08 Å². The molecule has 0 atom stereocenters. The van der Waals surface area contributed by atoms with Crippen LogP contribution in [0.4, 0.5) is 0 Å². The lowest BCUT2D eigenvalue weighted by Gasteiger charge is -2.02. The summed E-state index contributed by atoms with van der Waals surface area (Å²) in [7, 11) is -2.40. The van der Waals surface area contributed by atoms with Gasteiger partial charge in [0.25, 0.3) is 10.3 Å². The molecule has 0 bridgehead atoms. The Morgan fingerprint density at radius 2 is 2.20 bits per heavy atom. The van der Waals surface area contributed by atoms with Gasteiger partial charge < -0.3 is 4.74 Å². The number of ether oxygens (including phenoxy) is 1. The summed E-state index contributed by atoms with van der Waals surface area (Å²) >= 11 is 0. The largest absolute Gasteiger partial charge is 0.453 e. The van der Waals surface area contributed by atoms with Crippen molar-refractivity contribution in [2.45, 2.75) is 6.42 Å². The summed E-state index contributed by atoms with van der Waals surface area (Å²) in [6.07, 6.45) is 2.10. The Labute approximate surface area is 58.6 Å². The molecule has 0 fully saturated rings. The quantitative estimate of drug-likeness (QED) is 0.448. The second kappa shape index (κ2) is 2.66. The van der Waals surface area contributed by atoms with Gasteiger partial charge in [0.2, 0.25) is 5.05 Å². The zero-order chi connectivity index (χ0) is 7.56. The predicted octanol–water partition coefficient (Wildman–Crippen LogP) is -0.501. The molecule has 0 amide bonds. The summed E-state index contributed by atoms with van der Waals surface area (Å²) < 4.78 is 24.8. The first-order valence-corrected chi connectivity index (χ1v) is 3.59. The lowest BCUT2D eigenvalue weighted by Crippen LogP contribution is -2.12. The minimum atomic E-state index is -2.40. The molecule has 0 aliphatic carbocycles. The van der Waals surface area contributed by atoms with Crippen molar-refractivity contribution in [3.8, 4) is 0 Å². The van der Waals surface area contributed by atoms with Crippen LogP contribution in [-0.4, -0.2) is 19.3 Å². The zero-order valence-corrected chi connectivity index (χ0v) is 5.72. The maximum absolute atomic E-state index is 10.5. The van der Waals surface area contributed by atoms with Gasteiger partial charge in [-0.25, -0.2) is 0 Å². The summed E-state index contributed by atoms with van der Waals surface area (Å²) in [4.78, 5) is 10.5. The van der Waals surface area contributed by atoms with Crippen LogP contribution in [0.5, 0.6) is 0 Å². The van der Waals surface area contributed by atoms with E-state index in [2.05, 4.69) is 4.74 Å². The van der Waals surface area contributed by atoms with Gasteiger partial charge in [0, 0.05) is 6.08 Å². The molecule has 1 aliphatic rings. The molecule has 10 heavy (non-hydrogen) atoms. The molecule has 54 valence electrons. The van der Waals surface area contributed by atoms with Crippen molar-refractivity contribution >= 4 is 21.1 Å². The van der Waals surface area contributed by atoms with Gasteiger partial charge >= 0.3 is 0 Å². The molecule has 0 radical (unpaired) electrons. The van der Waals surface area contributed by atoms with Crippen LogP contribution < -0.4 is 0 Å². The van der Waals surface area contributed by atoms with E-state index in [-0.39, 0.29) is 17.3 Å². The molecule has 0 N–H and O–H groups in total. The van der Waals surface area contributed by atoms with Gasteiger partial charge in [0.05, 0.1) is 12.7 Å². The fraction of sp³-hybridized carbons (Fsp3) is 0.200. The van der Waals surface area contributed by atoms with E-state index < -0.39 is 10.3 Å². The molecule has 0 saturated carbocycles. The Kier molecular flexibility index (Phi) is 1.86. The van der Waals surface area contributed by atoms with E-state index >= 15 is 0 Å². The van der Waals surface area contributed by atoms with Gasteiger partial charge in [-0.05, 0) is 0 Å². The summed E-state index contributed by atoms with van der Waals surface area (Å²) in [6.45, 7) is 0. The van der Waals surface area contributed by atoms with Crippen molar-refractivity contribution in [3.63, 3.8) is 0 Å². The maximum atomic E-state index is 10.5. The minimum Gasteiger partial charge on any atom is -0.453 e. The van der Waals surface area contributed by atoms with Crippen molar-refractivity contribution in [3.05, 3.63) is 12.3 Å². The first kappa shape index (κ1) is 7.01. The normalized spacial score (nSPS) is 16.8. The molecule has 1 heterocycles. The highest BCUT2D eigenvalue weighted by Gasteiger charge is 2.11. The number of hydrogen-bond acceptors (Lipinski definition) is 4. The van der Waals surface area contributed by atoms with Gasteiger partial charge in [-0.3, -0.25) is 4.79 Å². The Hall–Kier alpha value is -1.10. The fourth-order valence-corrected chi connectivity index (χ4v) is 0.921. The van der Waals surface area contributed by atoms with E-state index in [9.17, 15) is 13.2 Å². The van der Waals surface area contributed by atoms with Crippen molar-refractivity contribution < 1.29 is 17.9 Å². The van der Waals surface area contributed by atoms with E-state index in [0.29, 0.717) is 0 Å². The highest BCUT2D eigenvalue weighted by Crippen LogP contribution is 1.98. The summed E-state index contributed by atoms with van der Waals surface area (Å²) in [6, 6.07) is 0. The van der Waals surface area contributed by atoms with Crippen LogP contribution in [0.1, 0.15) is 6.42 Å². The summed E-state index contributed by atoms with van der Waals surface area (Å²) in [5, 5.41) is -0.215. The Balaban J connectivity index is 3.01. The third-order valence-electron chi connectivity index (χ3n) is 0.958. The predicted molar refractivity (Wildman–Crippen MR) is 33.8 cm³/mol. The van der Waals surface area contributed by atoms with Crippen molar-refractivity contribution in [1.82, 2.24) is 0 Å². The molecule has 0 spiro atoms. The van der Waals surface area contributed by atoms with Gasteiger partial charge in [-0.1, -0.05) is 0 Å². The maximum Gasteiger partial charge on any atom is 0.253 e. The van der Waals surface area contributed by atoms with Crippen LogP contribution in [0.15, 0.2) is 12.3 Å². The van der Waals surface area contributed by atoms with Gasteiger partial charge in [0.15, 0.2) is 5.78 Å². The van der Waals surface area contributed by atoms with Crippen LogP contribution in [0.3, 0.4) is 0 Å². The fourth-order valence-electron chi connectivity index (χ4n) is 0.527. The van der Waals surface area contributed by atoms with Crippen molar-refractivity contribution in [1.29, 1.82) is 0 Å². The number of rotatable bonds is 0. The average molecular weight is 160 g/mol. The Bertz CT molecular complexity index is 301. The van der Waals surface area contributed by atoms with Crippen LogP contribution in [-0.2, 0) is 19.8 Å². The van der Waals surface area contributed by atoms with Gasteiger partial charge in [-0.2, -0.15) is 8.42 Å². The van der Waals surface area contributed by atoms with E-state index in [1.54, 1.807) is 0 Å². The lowest BCUT2D eigenvalue weighted by atomic mass is 10.3. The molecular weight excluding hydrogens is 156 g/mol. The number of ketones is 1. The molecule has 0 aromatic rings. The van der Waals surface area contributed by atoms with Gasteiger partial charge in [-0.15, -0.1) is 0 Å². The number of carbonyl (C=O) groups excluding carboxylic acids is 1. The zero-order valence-electron chi connectivity index (χ0n) is 4.90. The standard InChI is InChI=1S/C5H4O4S/c6-4-1-2-9-5(3-4)10(7)8/h1-2H,3H2. The average Bonchev–Trinajstić information content (AvgIpc) is 1.88. The second-order valence-corrected chi connectivity index (χ2v) is 2.60. The molecule has 0 aromatic carbocycles. The molecule has 1 rings (SSSR count). The molecule has 4 nitrogen and oxygen atoms in total. The number of hydrogen-bond donors (Lipinski definition) is 0. The van der Waals surface area contributed by atoms with Crippen LogP contribution in [0.2, 0.25) is 0 Å². The topological polar surface area (TPSA) is 60.4 Å². The van der Waals surface area contributed by atoms with E-state index in [4.69, 9.17) is 0 Å². The first-order valence-electron chi connectivity index (χ1n) is 2.51. The lowest BCUT2D eigenvalue weighted by molar-refractivity contribution is -0.114. The van der Waals surface area contributed by atoms with E-state index in [1.807, 2.05) is 0 Å². The van der Waals surface area contributed by atoms with E-state index in [0.717, 1.165) is 6.26 Å². The van der Waals surface area contributed by atoms with Gasteiger partial charge in [0.1, 0.15) is 0 Å². The number of allylic oxidation sites excluding steroid dienone is 1. The van der Waals surface area contributed by atoms with Crippen molar-refractivity contribution in [2.24, 2.45) is 0 Å². The third-order valence-corrected chi connectivity index (χ3v) is 1.57. The molecule has 0 unspecified atom stereocenters. The van der Waals surface area contributed by atoms with Crippen LogP contribution >= 0.6 is 0 Å². The smallest absolute Gasteiger partial charge is 0.253 e. The Morgan fingerprint density at radius 1 is 1.50 bits per heavy atom. The summed E-state index contributed by atoms with van der Waals surface area (Å²) in [5.41, 5.74) is 0. The molecular formula is C5H4O4S. The SMILES string of the molecule is O=C1C=COC(=S(=O)=O)C1. The van der Waals surface area contributed by atoms with Crippen LogP contribution in [0.25, 0.3) is 0 Å². The van der Waals surface area contributed by atoms with Crippen LogP contribution in [0, 0.1) is 0 Å². The Morgan fingerprint density at radius 3 is 2.60 bits per heavy atom. The molecule has 1 aliphatic heterocycles. The first-order chi connectivity index (χ1) is 4.70. The molecule has 5 heteroatoms. The third kappa shape index (κ3) is 1.44. The monoisotopic (exact) mass is 160 g/mol. The highest BCUT2D eigenvalue weighted by molar-refractivity contribution is 7.72. The second-order valence-electron chi connectivity index (χ2n) is 1.67.